The van der Waals surface area contributed by atoms with E-state index in [2.05, 4.69) is 78.5 Å². The summed E-state index contributed by atoms with van der Waals surface area (Å²) in [5, 5.41) is 0. The molecular weight excluding hydrogens is 422 g/mol. The van der Waals surface area contributed by atoms with Crippen LogP contribution in [0.5, 0.6) is 0 Å². The number of hydrogen-bond donors (Lipinski definition) is 0. The summed E-state index contributed by atoms with van der Waals surface area (Å²) in [5.74, 6) is 0. The maximum Gasteiger partial charge on any atom is 0.173 e. The largest absolute Gasteiger partial charge is 1.00 e. The Balaban J connectivity index is 0.00000544. The van der Waals surface area contributed by atoms with Gasteiger partial charge >= 0.3 is 0 Å². The van der Waals surface area contributed by atoms with Gasteiger partial charge in [-0.25, -0.2) is 4.57 Å². The molecule has 0 aliphatic carbocycles. The van der Waals surface area contributed by atoms with Crippen LogP contribution in [0.1, 0.15) is 121 Å². The molecule has 2 aromatic rings. The van der Waals surface area contributed by atoms with Crippen molar-refractivity contribution >= 4 is 6.08 Å². The highest BCUT2D eigenvalue weighted by Crippen LogP contribution is 2.14. The van der Waals surface area contributed by atoms with E-state index in [1.165, 1.54) is 114 Å². The quantitative estimate of drug-likeness (QED) is 0.168. The molecule has 0 amide bonds. The van der Waals surface area contributed by atoms with Crippen LogP contribution in [-0.4, -0.2) is 0 Å². The third-order valence-electron chi connectivity index (χ3n) is 6.41. The fraction of sp³-hybridized carbons (Fsp3) is 0.581. The SMILES string of the molecule is CCCCCCCCCCCCCCCCCC=Cc1cc[n+](Cc2ccccc2)cc1.[Cl-]. The normalized spacial score (nSPS) is 11.1. The van der Waals surface area contributed by atoms with Crippen molar-refractivity contribution in [2.75, 3.05) is 0 Å². The maximum absolute atomic E-state index is 2.35. The molecule has 1 aromatic carbocycles. The van der Waals surface area contributed by atoms with Crippen molar-refractivity contribution in [3.8, 4) is 0 Å². The van der Waals surface area contributed by atoms with Gasteiger partial charge in [-0.2, -0.15) is 0 Å². The number of nitrogens with zero attached hydrogens (tertiary/aromatic N) is 1. The van der Waals surface area contributed by atoms with Gasteiger partial charge in [0.25, 0.3) is 0 Å². The topological polar surface area (TPSA) is 3.88 Å². The van der Waals surface area contributed by atoms with Gasteiger partial charge in [0.2, 0.25) is 0 Å². The molecule has 0 fully saturated rings. The van der Waals surface area contributed by atoms with Gasteiger partial charge < -0.3 is 12.4 Å². The number of aromatic nitrogens is 1. The van der Waals surface area contributed by atoms with Crippen molar-refractivity contribution in [1.82, 2.24) is 0 Å². The van der Waals surface area contributed by atoms with Gasteiger partial charge in [0.1, 0.15) is 0 Å². The molecule has 0 atom stereocenters. The van der Waals surface area contributed by atoms with Crippen LogP contribution in [0.2, 0.25) is 0 Å². The van der Waals surface area contributed by atoms with Crippen molar-refractivity contribution in [2.24, 2.45) is 0 Å². The van der Waals surface area contributed by atoms with Crippen LogP contribution in [0.15, 0.2) is 60.9 Å². The molecule has 1 heterocycles. The molecule has 0 spiro atoms. The lowest BCUT2D eigenvalue weighted by Crippen LogP contribution is -3.00. The van der Waals surface area contributed by atoms with Gasteiger partial charge in [0, 0.05) is 17.7 Å². The summed E-state index contributed by atoms with van der Waals surface area (Å²) in [4.78, 5) is 0. The van der Waals surface area contributed by atoms with Gasteiger partial charge in [0.15, 0.2) is 18.9 Å². The van der Waals surface area contributed by atoms with Crippen LogP contribution >= 0.6 is 0 Å². The predicted octanol–water partition coefficient (Wildman–Crippen LogP) is 6.30. The lowest BCUT2D eigenvalue weighted by molar-refractivity contribution is -0.688. The van der Waals surface area contributed by atoms with E-state index < -0.39 is 0 Å². The Bertz CT molecular complexity index is 693. The lowest BCUT2D eigenvalue weighted by Gasteiger charge is -2.03. The van der Waals surface area contributed by atoms with E-state index in [4.69, 9.17) is 0 Å². The van der Waals surface area contributed by atoms with Crippen molar-refractivity contribution in [3.05, 3.63) is 72.1 Å². The number of allylic oxidation sites excluding steroid dienone is 1. The first-order valence-corrected chi connectivity index (χ1v) is 13.6. The molecule has 0 saturated heterocycles. The molecule has 1 aromatic heterocycles. The van der Waals surface area contributed by atoms with E-state index >= 15 is 0 Å². The molecule has 0 aliphatic heterocycles. The third-order valence-corrected chi connectivity index (χ3v) is 6.41. The minimum absolute atomic E-state index is 0. The highest BCUT2D eigenvalue weighted by Gasteiger charge is 2.01. The van der Waals surface area contributed by atoms with Crippen LogP contribution in [0.4, 0.5) is 0 Å². The summed E-state index contributed by atoms with van der Waals surface area (Å²) in [6.45, 7) is 3.23. The Hall–Kier alpha value is -1.60. The number of pyridine rings is 1. The van der Waals surface area contributed by atoms with Crippen molar-refractivity contribution < 1.29 is 17.0 Å². The van der Waals surface area contributed by atoms with Crippen LogP contribution in [0, 0.1) is 0 Å². The van der Waals surface area contributed by atoms with Gasteiger partial charge in [-0.15, -0.1) is 0 Å². The first kappa shape index (κ1) is 29.4. The van der Waals surface area contributed by atoms with Crippen molar-refractivity contribution in [2.45, 2.75) is 116 Å². The fourth-order valence-corrected chi connectivity index (χ4v) is 4.33. The third kappa shape index (κ3) is 15.8. The molecule has 0 saturated carbocycles. The first-order valence-electron chi connectivity index (χ1n) is 13.6. The molecule has 0 unspecified atom stereocenters. The Kier molecular flexibility index (Phi) is 18.7. The highest BCUT2D eigenvalue weighted by atomic mass is 35.5. The van der Waals surface area contributed by atoms with E-state index in [9.17, 15) is 0 Å². The minimum atomic E-state index is 0. The van der Waals surface area contributed by atoms with Crippen LogP contribution in [0.25, 0.3) is 6.08 Å². The second kappa shape index (κ2) is 21.0. The summed E-state index contributed by atoms with van der Waals surface area (Å²) in [6, 6.07) is 15.1. The van der Waals surface area contributed by atoms with Gasteiger partial charge in [-0.1, -0.05) is 139 Å². The zero-order valence-electron chi connectivity index (χ0n) is 21.2. The smallest absolute Gasteiger partial charge is 0.173 e. The zero-order valence-corrected chi connectivity index (χ0v) is 22.0. The average Bonchev–Trinajstić information content (AvgIpc) is 2.83. The van der Waals surface area contributed by atoms with Gasteiger partial charge in [-0.3, -0.25) is 0 Å². The molecule has 33 heavy (non-hydrogen) atoms. The Morgan fingerprint density at radius 3 is 1.61 bits per heavy atom. The van der Waals surface area contributed by atoms with Gasteiger partial charge in [-0.05, 0) is 18.4 Å². The Morgan fingerprint density at radius 1 is 0.606 bits per heavy atom. The van der Waals surface area contributed by atoms with Crippen molar-refractivity contribution in [1.29, 1.82) is 0 Å². The van der Waals surface area contributed by atoms with Crippen LogP contribution in [-0.2, 0) is 6.54 Å². The predicted molar refractivity (Wildman–Crippen MR) is 141 cm³/mol. The van der Waals surface area contributed by atoms with Crippen LogP contribution in [0.3, 0.4) is 0 Å². The molecule has 0 aliphatic rings. The molecule has 2 rings (SSSR count). The van der Waals surface area contributed by atoms with Gasteiger partial charge in [0.05, 0.1) is 0 Å². The summed E-state index contributed by atoms with van der Waals surface area (Å²) < 4.78 is 2.24. The Morgan fingerprint density at radius 2 is 1.09 bits per heavy atom. The number of halogens is 1. The first-order chi connectivity index (χ1) is 15.9. The number of benzene rings is 1. The summed E-state index contributed by atoms with van der Waals surface area (Å²) in [5.41, 5.74) is 2.64. The summed E-state index contributed by atoms with van der Waals surface area (Å²) in [7, 11) is 0. The molecule has 0 bridgehead atoms. The molecule has 1 nitrogen and oxygen atoms in total. The molecule has 0 radical (unpaired) electrons. The molecule has 2 heteroatoms. The highest BCUT2D eigenvalue weighted by molar-refractivity contribution is 5.47. The Labute approximate surface area is 211 Å². The van der Waals surface area contributed by atoms with Crippen LogP contribution < -0.4 is 17.0 Å². The second-order valence-electron chi connectivity index (χ2n) is 9.43. The standard InChI is InChI=1S/C31H48N.ClH/c1-2-3-4-5-6-7-8-9-10-11-12-13-14-15-16-17-19-22-30-25-27-32(28-26-30)29-31-23-20-18-21-24-31;/h18-28H,2-17,29H2,1H3;1H/q+1;/p-1. The van der Waals surface area contributed by atoms with E-state index in [1.54, 1.807) is 0 Å². The van der Waals surface area contributed by atoms with E-state index in [0.29, 0.717) is 0 Å². The average molecular weight is 470 g/mol. The maximum atomic E-state index is 2.35. The number of unbranched alkanes of at least 4 members (excludes halogenated alkanes) is 15. The van der Waals surface area contributed by atoms with Crippen molar-refractivity contribution in [3.63, 3.8) is 0 Å². The summed E-state index contributed by atoms with van der Waals surface area (Å²) in [6.07, 6.45) is 31.7. The zero-order chi connectivity index (χ0) is 22.5. The van der Waals surface area contributed by atoms with E-state index in [1.807, 2.05) is 0 Å². The fourth-order valence-electron chi connectivity index (χ4n) is 4.33. The molecule has 184 valence electrons. The molecular formula is C31H48ClN. The molecule has 0 N–H and O–H groups in total. The summed E-state index contributed by atoms with van der Waals surface area (Å²) >= 11 is 0. The monoisotopic (exact) mass is 469 g/mol. The van der Waals surface area contributed by atoms with E-state index in [-0.39, 0.29) is 12.4 Å². The lowest BCUT2D eigenvalue weighted by atomic mass is 10.0. The van der Waals surface area contributed by atoms with E-state index in [0.717, 1.165) is 6.54 Å². The number of hydrogen-bond acceptors (Lipinski definition) is 0. The minimum Gasteiger partial charge on any atom is -1.00 e. The second-order valence-corrected chi connectivity index (χ2v) is 9.43. The number of rotatable bonds is 19.